The monoisotopic (exact) mass is 462 g/mol. The number of hydrogen-bond acceptors (Lipinski definition) is 7. The number of nitrogens with one attached hydrogen (secondary N) is 1. The number of hydrogen-bond donors (Lipinski definition) is 2. The molecule has 0 aliphatic carbocycles. The maximum Gasteiger partial charge on any atom is 0.257 e. The lowest BCUT2D eigenvalue weighted by molar-refractivity contribution is 0.0766. The number of aliphatic hydroxyl groups is 1. The number of methoxy groups -OCH3 is 1. The highest BCUT2D eigenvalue weighted by molar-refractivity contribution is 7.23. The van der Waals surface area contributed by atoms with Gasteiger partial charge in [0.05, 0.1) is 18.4 Å². The minimum Gasteiger partial charge on any atom is -0.479 e. The zero-order chi connectivity index (χ0) is 23.4. The molecule has 2 aromatic carbocycles. The molecule has 33 heavy (non-hydrogen) atoms. The van der Waals surface area contributed by atoms with Crippen LogP contribution in [0.1, 0.15) is 20.7 Å². The van der Waals surface area contributed by atoms with Gasteiger partial charge in [0.15, 0.2) is 5.13 Å². The van der Waals surface area contributed by atoms with Crippen molar-refractivity contribution in [2.24, 2.45) is 0 Å². The second-order valence-corrected chi connectivity index (χ2v) is 8.22. The molecule has 2 amide bonds. The third-order valence-corrected chi connectivity index (χ3v) is 6.06. The molecule has 8 nitrogen and oxygen atoms in total. The van der Waals surface area contributed by atoms with Crippen molar-refractivity contribution in [2.45, 2.75) is 0 Å². The van der Waals surface area contributed by atoms with Crippen molar-refractivity contribution in [1.29, 1.82) is 0 Å². The van der Waals surface area contributed by atoms with Crippen molar-refractivity contribution >= 4 is 38.5 Å². The lowest BCUT2D eigenvalue weighted by Gasteiger charge is -2.15. The van der Waals surface area contributed by atoms with E-state index >= 15 is 0 Å². The van der Waals surface area contributed by atoms with Crippen LogP contribution in [0.3, 0.4) is 0 Å². The largest absolute Gasteiger partial charge is 0.479 e. The van der Waals surface area contributed by atoms with E-state index < -0.39 is 0 Å². The molecule has 0 spiro atoms. The highest BCUT2D eigenvalue weighted by Gasteiger charge is 2.18. The fourth-order valence-electron chi connectivity index (χ4n) is 3.32. The summed E-state index contributed by atoms with van der Waals surface area (Å²) < 4.78 is 6.22. The van der Waals surface area contributed by atoms with Crippen LogP contribution >= 0.6 is 11.3 Å². The average Bonchev–Trinajstić information content (AvgIpc) is 3.27. The van der Waals surface area contributed by atoms with Gasteiger partial charge in [0, 0.05) is 36.5 Å². The van der Waals surface area contributed by atoms with Crippen molar-refractivity contribution in [2.75, 3.05) is 32.6 Å². The zero-order valence-corrected chi connectivity index (χ0v) is 18.9. The lowest BCUT2D eigenvalue weighted by atomic mass is 10.1. The van der Waals surface area contributed by atoms with Crippen molar-refractivity contribution < 1.29 is 19.4 Å². The Kier molecular flexibility index (Phi) is 6.62. The first-order valence-electron chi connectivity index (χ1n) is 10.2. The normalized spacial score (nSPS) is 10.8. The van der Waals surface area contributed by atoms with Crippen LogP contribution in [0.4, 0.5) is 5.13 Å². The van der Waals surface area contributed by atoms with Crippen LogP contribution in [0.25, 0.3) is 21.3 Å². The lowest BCUT2D eigenvalue weighted by Crippen LogP contribution is -2.29. The van der Waals surface area contributed by atoms with Crippen LogP contribution in [0.5, 0.6) is 5.88 Å². The number of thiazole rings is 1. The van der Waals surface area contributed by atoms with Crippen molar-refractivity contribution in [3.05, 3.63) is 71.9 Å². The number of anilines is 1. The molecule has 0 saturated heterocycles. The number of likely N-dealkylation sites (N-methyl/N-ethyl adjacent to an activating group) is 1. The van der Waals surface area contributed by atoms with E-state index in [-0.39, 0.29) is 25.0 Å². The van der Waals surface area contributed by atoms with E-state index in [1.54, 1.807) is 37.5 Å². The van der Waals surface area contributed by atoms with Crippen LogP contribution in [0, 0.1) is 0 Å². The van der Waals surface area contributed by atoms with E-state index in [0.29, 0.717) is 27.7 Å². The van der Waals surface area contributed by atoms with E-state index in [4.69, 9.17) is 9.84 Å². The fourth-order valence-corrected chi connectivity index (χ4v) is 4.31. The summed E-state index contributed by atoms with van der Waals surface area (Å²) in [6.45, 7) is 0.124. The molecule has 2 N–H and O–H groups in total. The molecule has 0 fully saturated rings. The van der Waals surface area contributed by atoms with E-state index in [9.17, 15) is 9.59 Å². The quantitative estimate of drug-likeness (QED) is 0.434. The predicted octanol–water partition coefficient (Wildman–Crippen LogP) is 3.68. The van der Waals surface area contributed by atoms with E-state index in [1.807, 2.05) is 30.3 Å². The minimum atomic E-state index is -0.343. The first-order valence-corrected chi connectivity index (χ1v) is 11.0. The Hall–Kier alpha value is -3.82. The first kappa shape index (κ1) is 22.4. The highest BCUT2D eigenvalue weighted by Crippen LogP contribution is 2.38. The number of carbonyl (C=O) groups is 2. The van der Waals surface area contributed by atoms with Crippen molar-refractivity contribution in [1.82, 2.24) is 14.9 Å². The number of fused-ring (bicyclic) bond motifs is 1. The molecule has 2 aromatic heterocycles. The molecule has 0 unspecified atom stereocenters. The molecule has 4 rings (SSSR count). The molecule has 0 saturated carbocycles. The van der Waals surface area contributed by atoms with Gasteiger partial charge in [-0.15, -0.1) is 0 Å². The first-order chi connectivity index (χ1) is 16.0. The van der Waals surface area contributed by atoms with Gasteiger partial charge in [-0.25, -0.2) is 9.97 Å². The molecule has 168 valence electrons. The summed E-state index contributed by atoms with van der Waals surface area (Å²) in [5.41, 5.74) is 3.30. The van der Waals surface area contributed by atoms with Crippen LogP contribution in [-0.4, -0.2) is 59.1 Å². The molecule has 9 heteroatoms. The number of carbonyl (C=O) groups excluding carboxylic acids is 2. The fraction of sp³-hybridized carbons (Fsp3) is 0.167. The minimum absolute atomic E-state index is 0.114. The van der Waals surface area contributed by atoms with E-state index in [0.717, 1.165) is 15.8 Å². The van der Waals surface area contributed by atoms with Gasteiger partial charge in [-0.3, -0.25) is 14.9 Å². The molecular formula is C24H22N4O4S. The standard InChI is InChI=1S/C24H22N4O4S/c1-28(12-13-29)23(31)17-10-8-16(9-11-17)21(30)27-24-26-19-20(33-24)18(14-25-22(19)32-2)15-6-4-3-5-7-15/h3-11,14,29H,12-13H2,1-2H3,(H,26,27,30). The number of ether oxygens (including phenoxy) is 1. The number of nitrogens with zero attached hydrogens (tertiary/aromatic N) is 3. The second-order valence-electron chi connectivity index (χ2n) is 7.23. The van der Waals surface area contributed by atoms with Gasteiger partial charge >= 0.3 is 0 Å². The van der Waals surface area contributed by atoms with Crippen LogP contribution < -0.4 is 10.1 Å². The Morgan fingerprint density at radius 2 is 1.79 bits per heavy atom. The number of pyridine rings is 1. The maximum atomic E-state index is 12.8. The van der Waals surface area contributed by atoms with E-state index in [2.05, 4.69) is 15.3 Å². The topological polar surface area (TPSA) is 105 Å². The summed E-state index contributed by atoms with van der Waals surface area (Å²) in [7, 11) is 3.14. The summed E-state index contributed by atoms with van der Waals surface area (Å²) >= 11 is 1.34. The third kappa shape index (κ3) is 4.69. The summed E-state index contributed by atoms with van der Waals surface area (Å²) in [6, 6.07) is 16.2. The van der Waals surface area contributed by atoms with Crippen LogP contribution in [-0.2, 0) is 0 Å². The zero-order valence-electron chi connectivity index (χ0n) is 18.1. The van der Waals surface area contributed by atoms with Gasteiger partial charge in [-0.1, -0.05) is 41.7 Å². The van der Waals surface area contributed by atoms with Gasteiger partial charge in [-0.2, -0.15) is 0 Å². The SMILES string of the molecule is COc1ncc(-c2ccccc2)c2sc(NC(=O)c3ccc(C(=O)N(C)CCO)cc3)nc12. The maximum absolute atomic E-state index is 12.8. The van der Waals surface area contributed by atoms with Gasteiger partial charge in [0.25, 0.3) is 11.8 Å². The molecule has 4 aromatic rings. The smallest absolute Gasteiger partial charge is 0.257 e. The Morgan fingerprint density at radius 1 is 1.09 bits per heavy atom. The number of amides is 2. The van der Waals surface area contributed by atoms with E-state index in [1.165, 1.54) is 23.3 Å². The molecule has 0 radical (unpaired) electrons. The number of benzene rings is 2. The number of rotatable bonds is 7. The number of aromatic nitrogens is 2. The van der Waals surface area contributed by atoms with Gasteiger partial charge in [0.1, 0.15) is 5.52 Å². The van der Waals surface area contributed by atoms with Crippen molar-refractivity contribution in [3.63, 3.8) is 0 Å². The van der Waals surface area contributed by atoms with Gasteiger partial charge in [-0.05, 0) is 29.8 Å². The second kappa shape index (κ2) is 9.76. The molecular weight excluding hydrogens is 440 g/mol. The third-order valence-electron chi connectivity index (χ3n) is 5.06. The Morgan fingerprint density at radius 3 is 2.45 bits per heavy atom. The van der Waals surface area contributed by atoms with Gasteiger partial charge in [0.2, 0.25) is 5.88 Å². The average molecular weight is 463 g/mol. The Labute approximate surface area is 194 Å². The predicted molar refractivity (Wildman–Crippen MR) is 128 cm³/mol. The Bertz CT molecular complexity index is 1290. The number of aliphatic hydroxyl groups excluding tert-OH is 1. The summed E-state index contributed by atoms with van der Waals surface area (Å²) in [5.74, 6) is -0.184. The van der Waals surface area contributed by atoms with Crippen LogP contribution in [0.2, 0.25) is 0 Å². The van der Waals surface area contributed by atoms with Gasteiger partial charge < -0.3 is 14.7 Å². The molecule has 0 aliphatic rings. The summed E-state index contributed by atoms with van der Waals surface area (Å²) in [6.07, 6.45) is 1.74. The van der Waals surface area contributed by atoms with Crippen molar-refractivity contribution in [3.8, 4) is 17.0 Å². The molecule has 0 atom stereocenters. The molecule has 2 heterocycles. The Balaban J connectivity index is 1.59. The highest BCUT2D eigenvalue weighted by atomic mass is 32.1. The molecule has 0 bridgehead atoms. The molecule has 0 aliphatic heterocycles. The summed E-state index contributed by atoms with van der Waals surface area (Å²) in [4.78, 5) is 35.4. The van der Waals surface area contributed by atoms with Crippen LogP contribution in [0.15, 0.2) is 60.8 Å². The summed E-state index contributed by atoms with van der Waals surface area (Å²) in [5, 5.41) is 12.2.